The van der Waals surface area contributed by atoms with Crippen molar-refractivity contribution in [3.05, 3.63) is 0 Å². The van der Waals surface area contributed by atoms with Gasteiger partial charge in [0, 0.05) is 13.1 Å². The predicted molar refractivity (Wildman–Crippen MR) is 58.0 cm³/mol. The van der Waals surface area contributed by atoms with E-state index in [1.807, 2.05) is 0 Å². The van der Waals surface area contributed by atoms with Crippen LogP contribution in [0.3, 0.4) is 0 Å². The molecule has 2 unspecified atom stereocenters. The molecule has 1 aliphatic rings. The number of aliphatic hydroxyl groups is 1. The van der Waals surface area contributed by atoms with Crippen molar-refractivity contribution in [3.63, 3.8) is 0 Å². The molecule has 1 heterocycles. The predicted octanol–water partition coefficient (Wildman–Crippen LogP) is -1.90. The molecule has 0 aromatic heterocycles. The monoisotopic (exact) mass is 246 g/mol. The number of primary amides is 1. The number of carbonyl (C=O) groups is 2. The van der Waals surface area contributed by atoms with Crippen LogP contribution in [0, 0.1) is 0 Å². The minimum atomic E-state index is -1.67. The first-order valence-corrected chi connectivity index (χ1v) is 5.30. The molecule has 0 saturated carbocycles. The number of carbonyl (C=O) groups excluding carboxylic acids is 2. The molecule has 0 radical (unpaired) electrons. The zero-order valence-corrected chi connectivity index (χ0v) is 10.0. The Kier molecular flexibility index (Phi) is 4.44. The number of methoxy groups -OCH3 is 1. The Morgan fingerprint density at radius 3 is 2.82 bits per heavy atom. The van der Waals surface area contributed by atoms with Gasteiger partial charge in [-0.15, -0.1) is 0 Å². The Hall–Kier alpha value is -1.18. The first kappa shape index (κ1) is 13.9. The zero-order valence-electron chi connectivity index (χ0n) is 10.0. The molecular weight excluding hydrogens is 228 g/mol. The molecule has 0 spiro atoms. The Balaban J connectivity index is 2.70. The standard InChI is InChI=1S/C10H18N2O5/c1-10(15,9(14)16-2)6-12-3-4-17-5-7(12)8(11)13/h7,15H,3-6H2,1-2H3,(H2,11,13). The molecule has 2 atom stereocenters. The average Bonchev–Trinajstić information content (AvgIpc) is 2.27. The Bertz CT molecular complexity index is 305. The molecule has 1 saturated heterocycles. The van der Waals surface area contributed by atoms with Crippen molar-refractivity contribution in [3.8, 4) is 0 Å². The van der Waals surface area contributed by atoms with E-state index in [1.165, 1.54) is 14.0 Å². The fourth-order valence-electron chi connectivity index (χ4n) is 1.77. The van der Waals surface area contributed by atoms with Crippen molar-refractivity contribution >= 4 is 11.9 Å². The number of morpholine rings is 1. The van der Waals surface area contributed by atoms with Gasteiger partial charge in [-0.25, -0.2) is 4.79 Å². The van der Waals surface area contributed by atoms with E-state index in [4.69, 9.17) is 10.5 Å². The van der Waals surface area contributed by atoms with Gasteiger partial charge < -0.3 is 20.3 Å². The molecule has 3 N–H and O–H groups in total. The summed E-state index contributed by atoms with van der Waals surface area (Å²) in [4.78, 5) is 24.2. The van der Waals surface area contributed by atoms with E-state index in [1.54, 1.807) is 4.90 Å². The highest BCUT2D eigenvalue weighted by atomic mass is 16.5. The molecule has 7 nitrogen and oxygen atoms in total. The van der Waals surface area contributed by atoms with Crippen molar-refractivity contribution in [2.75, 3.05) is 33.4 Å². The number of β-amino-alcohol motifs (C(OH)–C–C–N with tert-alkyl or cyclic N) is 1. The fraction of sp³-hybridized carbons (Fsp3) is 0.800. The maximum absolute atomic E-state index is 11.3. The summed E-state index contributed by atoms with van der Waals surface area (Å²) in [5.41, 5.74) is 3.56. The van der Waals surface area contributed by atoms with E-state index in [9.17, 15) is 14.7 Å². The lowest BCUT2D eigenvalue weighted by Gasteiger charge is -2.36. The molecule has 7 heteroatoms. The Morgan fingerprint density at radius 1 is 1.65 bits per heavy atom. The highest BCUT2D eigenvalue weighted by Gasteiger charge is 2.38. The van der Waals surface area contributed by atoms with Gasteiger partial charge in [0.2, 0.25) is 5.91 Å². The maximum Gasteiger partial charge on any atom is 0.338 e. The van der Waals surface area contributed by atoms with Crippen molar-refractivity contribution in [2.24, 2.45) is 5.73 Å². The van der Waals surface area contributed by atoms with Crippen LogP contribution >= 0.6 is 0 Å². The molecule has 0 bridgehead atoms. The SMILES string of the molecule is COC(=O)C(C)(O)CN1CCOCC1C(N)=O. The summed E-state index contributed by atoms with van der Waals surface area (Å²) < 4.78 is 9.62. The van der Waals surface area contributed by atoms with Crippen molar-refractivity contribution in [1.29, 1.82) is 0 Å². The molecule has 0 aromatic rings. The normalized spacial score (nSPS) is 25.0. The summed E-state index contributed by atoms with van der Waals surface area (Å²) in [5, 5.41) is 9.93. The molecule has 0 aromatic carbocycles. The second-order valence-corrected chi connectivity index (χ2v) is 4.23. The van der Waals surface area contributed by atoms with Crippen LogP contribution in [0.4, 0.5) is 0 Å². The van der Waals surface area contributed by atoms with E-state index in [2.05, 4.69) is 4.74 Å². The topological polar surface area (TPSA) is 102 Å². The summed E-state index contributed by atoms with van der Waals surface area (Å²) in [5.74, 6) is -1.28. The van der Waals surface area contributed by atoms with Crippen LogP contribution in [0.5, 0.6) is 0 Å². The summed E-state index contributed by atoms with van der Waals surface area (Å²) in [7, 11) is 1.20. The zero-order chi connectivity index (χ0) is 13.1. The van der Waals surface area contributed by atoms with E-state index in [-0.39, 0.29) is 13.2 Å². The average molecular weight is 246 g/mol. The molecule has 0 aliphatic carbocycles. The molecule has 1 amide bonds. The van der Waals surface area contributed by atoms with Gasteiger partial charge in [0.25, 0.3) is 0 Å². The fourth-order valence-corrected chi connectivity index (χ4v) is 1.77. The second-order valence-electron chi connectivity index (χ2n) is 4.23. The van der Waals surface area contributed by atoms with Crippen LogP contribution in [0.15, 0.2) is 0 Å². The summed E-state index contributed by atoms with van der Waals surface area (Å²) >= 11 is 0. The number of amides is 1. The third-order valence-corrected chi connectivity index (χ3v) is 2.70. The molecule has 1 fully saturated rings. The third-order valence-electron chi connectivity index (χ3n) is 2.70. The van der Waals surface area contributed by atoms with Crippen LogP contribution in [0.2, 0.25) is 0 Å². The van der Waals surface area contributed by atoms with Crippen LogP contribution in [-0.4, -0.2) is 66.9 Å². The lowest BCUT2D eigenvalue weighted by atomic mass is 10.0. The quantitative estimate of drug-likeness (QED) is 0.562. The lowest BCUT2D eigenvalue weighted by Crippen LogP contribution is -2.58. The molecule has 98 valence electrons. The number of hydrogen-bond donors (Lipinski definition) is 2. The highest BCUT2D eigenvalue weighted by Crippen LogP contribution is 2.14. The van der Waals surface area contributed by atoms with Gasteiger partial charge in [-0.3, -0.25) is 9.69 Å². The minimum Gasteiger partial charge on any atom is -0.467 e. The van der Waals surface area contributed by atoms with Crippen LogP contribution in [0.1, 0.15) is 6.92 Å². The van der Waals surface area contributed by atoms with Crippen molar-refractivity contribution in [2.45, 2.75) is 18.6 Å². The summed E-state index contributed by atoms with van der Waals surface area (Å²) in [6, 6.07) is -0.625. The summed E-state index contributed by atoms with van der Waals surface area (Å²) in [6.07, 6.45) is 0. The van der Waals surface area contributed by atoms with Gasteiger partial charge in [-0.05, 0) is 6.92 Å². The van der Waals surface area contributed by atoms with Gasteiger partial charge in [0.05, 0.1) is 20.3 Å². The lowest BCUT2D eigenvalue weighted by molar-refractivity contribution is -0.165. The minimum absolute atomic E-state index is 0.0172. The first-order chi connectivity index (χ1) is 7.88. The number of rotatable bonds is 4. The van der Waals surface area contributed by atoms with Gasteiger partial charge in [-0.1, -0.05) is 0 Å². The van der Waals surface area contributed by atoms with Gasteiger partial charge in [0.1, 0.15) is 6.04 Å². The first-order valence-electron chi connectivity index (χ1n) is 5.30. The maximum atomic E-state index is 11.3. The third kappa shape index (κ3) is 3.39. The number of nitrogens with zero attached hydrogens (tertiary/aromatic N) is 1. The van der Waals surface area contributed by atoms with Crippen molar-refractivity contribution < 1.29 is 24.2 Å². The number of nitrogens with two attached hydrogens (primary N) is 1. The second kappa shape index (κ2) is 5.44. The Morgan fingerprint density at radius 2 is 2.29 bits per heavy atom. The largest absolute Gasteiger partial charge is 0.467 e. The van der Waals surface area contributed by atoms with Gasteiger partial charge in [-0.2, -0.15) is 0 Å². The molecular formula is C10H18N2O5. The van der Waals surface area contributed by atoms with Gasteiger partial charge in [0.15, 0.2) is 5.60 Å². The Labute approximate surface area is 99.5 Å². The van der Waals surface area contributed by atoms with Crippen LogP contribution < -0.4 is 5.73 Å². The number of esters is 1. The van der Waals surface area contributed by atoms with Gasteiger partial charge >= 0.3 is 5.97 Å². The molecule has 17 heavy (non-hydrogen) atoms. The smallest absolute Gasteiger partial charge is 0.338 e. The number of ether oxygens (including phenoxy) is 2. The van der Waals surface area contributed by atoms with E-state index >= 15 is 0 Å². The number of hydrogen-bond acceptors (Lipinski definition) is 6. The van der Waals surface area contributed by atoms with Crippen molar-refractivity contribution in [1.82, 2.24) is 4.90 Å². The molecule has 1 rings (SSSR count). The summed E-state index contributed by atoms with van der Waals surface area (Å²) in [6.45, 7) is 2.36. The highest BCUT2D eigenvalue weighted by molar-refractivity contribution is 5.81. The van der Waals surface area contributed by atoms with Crippen LogP contribution in [-0.2, 0) is 19.1 Å². The van der Waals surface area contributed by atoms with E-state index in [0.717, 1.165) is 0 Å². The van der Waals surface area contributed by atoms with E-state index in [0.29, 0.717) is 13.2 Å². The van der Waals surface area contributed by atoms with Crippen LogP contribution in [0.25, 0.3) is 0 Å². The molecule has 1 aliphatic heterocycles. The van der Waals surface area contributed by atoms with E-state index < -0.39 is 23.5 Å².